The lowest BCUT2D eigenvalue weighted by atomic mass is 9.92. The van der Waals surface area contributed by atoms with Crippen LogP contribution in [0.1, 0.15) is 86.9 Å². The van der Waals surface area contributed by atoms with Gasteiger partial charge in [-0.15, -0.1) is 0 Å². The summed E-state index contributed by atoms with van der Waals surface area (Å²) in [6.07, 6.45) is 7.24. The molecule has 42 heavy (non-hydrogen) atoms. The van der Waals surface area contributed by atoms with Gasteiger partial charge in [-0.25, -0.2) is 4.98 Å². The fourth-order valence-electron chi connectivity index (χ4n) is 6.49. The molecule has 9 heteroatoms. The van der Waals surface area contributed by atoms with Crippen LogP contribution in [0.15, 0.2) is 24.3 Å². The van der Waals surface area contributed by atoms with Crippen LogP contribution in [0, 0.1) is 13.8 Å². The van der Waals surface area contributed by atoms with Gasteiger partial charge in [0.15, 0.2) is 5.65 Å². The number of anilines is 1. The highest BCUT2D eigenvalue weighted by Gasteiger charge is 2.34. The average molecular weight is 576 g/mol. The van der Waals surface area contributed by atoms with Crippen molar-refractivity contribution in [2.45, 2.75) is 110 Å². The van der Waals surface area contributed by atoms with Gasteiger partial charge in [-0.3, -0.25) is 9.69 Å². The number of aromatic nitrogens is 3. The number of carboxylic acid groups (broad SMARTS) is 1. The van der Waals surface area contributed by atoms with E-state index in [9.17, 15) is 9.90 Å². The second-order valence-corrected chi connectivity index (χ2v) is 12.9. The molecule has 4 aliphatic rings. The number of ether oxygens (including phenoxy) is 2. The van der Waals surface area contributed by atoms with E-state index in [0.29, 0.717) is 12.6 Å². The minimum absolute atomic E-state index is 0.0770. The van der Waals surface area contributed by atoms with Crippen molar-refractivity contribution >= 4 is 17.4 Å². The number of nitrogens with zero attached hydrogens (tertiary/aromatic N) is 5. The van der Waals surface area contributed by atoms with Gasteiger partial charge >= 0.3 is 5.97 Å². The van der Waals surface area contributed by atoms with Gasteiger partial charge in [-0.1, -0.05) is 12.1 Å². The zero-order valence-corrected chi connectivity index (χ0v) is 25.6. The van der Waals surface area contributed by atoms with Crippen LogP contribution in [0.25, 0.3) is 5.65 Å². The summed E-state index contributed by atoms with van der Waals surface area (Å²) < 4.78 is 14.9. The predicted octanol–water partition coefficient (Wildman–Crippen LogP) is 5.46. The highest BCUT2D eigenvalue weighted by Crippen LogP contribution is 2.35. The van der Waals surface area contributed by atoms with Crippen molar-refractivity contribution in [3.05, 3.63) is 52.3 Å². The Hall–Kier alpha value is -3.17. The number of carboxylic acids is 1. The molecule has 0 radical (unpaired) electrons. The van der Waals surface area contributed by atoms with Crippen LogP contribution in [0.3, 0.4) is 0 Å². The summed E-state index contributed by atoms with van der Waals surface area (Å²) in [5, 5.41) is 14.9. The van der Waals surface area contributed by atoms with Gasteiger partial charge in [-0.2, -0.15) is 9.61 Å². The Morgan fingerprint density at radius 2 is 1.88 bits per heavy atom. The van der Waals surface area contributed by atoms with Gasteiger partial charge < -0.3 is 19.5 Å². The third kappa shape index (κ3) is 6.42. The number of benzene rings is 1. The lowest BCUT2D eigenvalue weighted by molar-refractivity contribution is -0.136. The number of hydrogen-bond acceptors (Lipinski definition) is 7. The number of aryl methyl sites for hydroxylation is 2. The zero-order chi connectivity index (χ0) is 29.4. The van der Waals surface area contributed by atoms with E-state index in [-0.39, 0.29) is 18.1 Å². The molecule has 1 saturated carbocycles. The Morgan fingerprint density at radius 1 is 1.10 bits per heavy atom. The van der Waals surface area contributed by atoms with Crippen molar-refractivity contribution in [3.8, 4) is 5.75 Å². The van der Waals surface area contributed by atoms with Gasteiger partial charge in [0.2, 0.25) is 0 Å². The third-order valence-corrected chi connectivity index (χ3v) is 9.19. The monoisotopic (exact) mass is 575 g/mol. The second kappa shape index (κ2) is 11.8. The quantitative estimate of drug-likeness (QED) is 0.440. The molecule has 2 aromatic heterocycles. The summed E-state index contributed by atoms with van der Waals surface area (Å²) in [7, 11) is 0. The van der Waals surface area contributed by atoms with Gasteiger partial charge in [0.1, 0.15) is 11.6 Å². The molecule has 1 atom stereocenters. The van der Waals surface area contributed by atoms with E-state index in [1.807, 2.05) is 11.4 Å². The maximum atomic E-state index is 11.9. The molecule has 0 amide bonds. The van der Waals surface area contributed by atoms with Gasteiger partial charge in [-0.05, 0) is 84.3 Å². The molecule has 9 nitrogen and oxygen atoms in total. The standard InChI is InChI=1S/C33H45N5O4/c1-22-8-9-25-20-37(27-10-11-27)21-26-18-30-34-24(3)28(19-31(39)40)32(38(30)35-26)36-14-12-33(4,13-15-36)41-16-6-5-7-23(2)42-29(25)17-22/h8-9,17-18,23,27H,5-7,10-16,19-21H2,1-4H3,(H,39,40). The summed E-state index contributed by atoms with van der Waals surface area (Å²) in [5.74, 6) is 0.984. The third-order valence-electron chi connectivity index (χ3n) is 9.19. The van der Waals surface area contributed by atoms with E-state index in [0.717, 1.165) is 92.5 Å². The van der Waals surface area contributed by atoms with Crippen LogP contribution in [0.2, 0.25) is 0 Å². The minimum atomic E-state index is -0.857. The first-order chi connectivity index (χ1) is 20.2. The van der Waals surface area contributed by atoms with Crippen molar-refractivity contribution < 1.29 is 19.4 Å². The van der Waals surface area contributed by atoms with Crippen molar-refractivity contribution in [1.82, 2.24) is 19.5 Å². The maximum Gasteiger partial charge on any atom is 0.308 e. The van der Waals surface area contributed by atoms with Crippen molar-refractivity contribution in [1.29, 1.82) is 0 Å². The highest BCUT2D eigenvalue weighted by molar-refractivity contribution is 5.74. The number of rotatable bonds is 3. The Morgan fingerprint density at radius 3 is 2.62 bits per heavy atom. The smallest absolute Gasteiger partial charge is 0.308 e. The first-order valence-electron chi connectivity index (χ1n) is 15.7. The molecule has 5 heterocycles. The molecule has 0 spiro atoms. The van der Waals surface area contributed by atoms with Crippen molar-refractivity contribution in [3.63, 3.8) is 0 Å². The molecule has 1 N–H and O–H groups in total. The first-order valence-corrected chi connectivity index (χ1v) is 15.7. The van der Waals surface area contributed by atoms with Crippen LogP contribution < -0.4 is 9.64 Å². The van der Waals surface area contributed by atoms with Crippen LogP contribution >= 0.6 is 0 Å². The summed E-state index contributed by atoms with van der Waals surface area (Å²) in [6.45, 7) is 12.2. The molecular weight excluding hydrogens is 530 g/mol. The topological polar surface area (TPSA) is 92.4 Å². The lowest BCUT2D eigenvalue weighted by Gasteiger charge is -2.41. The van der Waals surface area contributed by atoms with E-state index in [4.69, 9.17) is 19.6 Å². The number of aliphatic carboxylic acids is 1. The minimum Gasteiger partial charge on any atom is -0.490 e. The summed E-state index contributed by atoms with van der Waals surface area (Å²) in [4.78, 5) is 21.6. The maximum absolute atomic E-state index is 11.9. The van der Waals surface area contributed by atoms with E-state index in [1.54, 1.807) is 0 Å². The van der Waals surface area contributed by atoms with E-state index < -0.39 is 5.97 Å². The molecule has 4 bridgehead atoms. The van der Waals surface area contributed by atoms with Gasteiger partial charge in [0, 0.05) is 61.7 Å². The molecule has 1 unspecified atom stereocenters. The largest absolute Gasteiger partial charge is 0.490 e. The molecule has 3 aliphatic heterocycles. The Kier molecular flexibility index (Phi) is 8.16. The predicted molar refractivity (Wildman–Crippen MR) is 162 cm³/mol. The van der Waals surface area contributed by atoms with E-state index in [1.165, 1.54) is 24.0 Å². The molecule has 2 fully saturated rings. The SMILES string of the molecule is Cc1ccc2c(c1)OC(C)CCCCOC1(C)CCN(CC1)c1c(CC(=O)O)c(C)nc3cc(nn13)CN(C1CC1)C2. The fraction of sp³-hybridized carbons (Fsp3) is 0.606. The van der Waals surface area contributed by atoms with Gasteiger partial charge in [0.25, 0.3) is 0 Å². The number of piperidine rings is 1. The van der Waals surface area contributed by atoms with Gasteiger partial charge in [0.05, 0.1) is 23.8 Å². The Bertz CT molecular complexity index is 1440. The molecule has 1 aromatic carbocycles. The normalized spacial score (nSPS) is 24.5. The molecule has 7 rings (SSSR count). The fourth-order valence-corrected chi connectivity index (χ4v) is 6.49. The van der Waals surface area contributed by atoms with Crippen LogP contribution in [-0.2, 0) is 29.0 Å². The number of fused-ring (bicyclic) bond motifs is 10. The number of carbonyl (C=O) groups is 1. The van der Waals surface area contributed by atoms with E-state index in [2.05, 4.69) is 54.8 Å². The molecule has 1 aliphatic carbocycles. The van der Waals surface area contributed by atoms with Crippen LogP contribution in [-0.4, -0.2) is 68.0 Å². The lowest BCUT2D eigenvalue weighted by Crippen LogP contribution is -2.45. The Labute approximate surface area is 248 Å². The second-order valence-electron chi connectivity index (χ2n) is 12.9. The van der Waals surface area contributed by atoms with Crippen molar-refractivity contribution in [2.24, 2.45) is 0 Å². The van der Waals surface area contributed by atoms with Crippen molar-refractivity contribution in [2.75, 3.05) is 24.6 Å². The van der Waals surface area contributed by atoms with Crippen LogP contribution in [0.4, 0.5) is 5.82 Å². The zero-order valence-electron chi connectivity index (χ0n) is 25.6. The summed E-state index contributed by atoms with van der Waals surface area (Å²) >= 11 is 0. The molecule has 226 valence electrons. The highest BCUT2D eigenvalue weighted by atomic mass is 16.5. The molecule has 1 saturated heterocycles. The summed E-state index contributed by atoms with van der Waals surface area (Å²) in [5.41, 5.74) is 5.43. The Balaban J connectivity index is 1.39. The first kappa shape index (κ1) is 28.9. The molecule has 3 aromatic rings. The molecular formula is C33H45N5O4. The van der Waals surface area contributed by atoms with Crippen LogP contribution in [0.5, 0.6) is 5.75 Å². The van der Waals surface area contributed by atoms with E-state index >= 15 is 0 Å². The summed E-state index contributed by atoms with van der Waals surface area (Å²) in [6, 6.07) is 9.15. The number of hydrogen-bond donors (Lipinski definition) is 1. The average Bonchev–Trinajstić information content (AvgIpc) is 3.71.